The van der Waals surface area contributed by atoms with Gasteiger partial charge in [-0.05, 0) is 65.8 Å². The van der Waals surface area contributed by atoms with E-state index in [0.717, 1.165) is 40.9 Å². The molecule has 30 heavy (non-hydrogen) atoms. The fraction of sp³-hybridized carbons (Fsp3) is 0.185. The Morgan fingerprint density at radius 2 is 1.50 bits per heavy atom. The van der Waals surface area contributed by atoms with Gasteiger partial charge in [0, 0.05) is 5.56 Å². The molecule has 0 amide bonds. The summed E-state index contributed by atoms with van der Waals surface area (Å²) in [5.41, 5.74) is 5.33. The molecule has 0 radical (unpaired) electrons. The van der Waals surface area contributed by atoms with Crippen LogP contribution in [0.3, 0.4) is 0 Å². The minimum atomic E-state index is -0.239. The van der Waals surface area contributed by atoms with Crippen molar-refractivity contribution >= 4 is 0 Å². The van der Waals surface area contributed by atoms with E-state index in [1.807, 2.05) is 55.5 Å². The van der Waals surface area contributed by atoms with Gasteiger partial charge < -0.3 is 9.47 Å². The maximum Gasteiger partial charge on any atom is 0.131 e. The van der Waals surface area contributed by atoms with E-state index < -0.39 is 0 Å². The monoisotopic (exact) mass is 402 g/mol. The lowest BCUT2D eigenvalue weighted by atomic mass is 9.98. The number of rotatable bonds is 9. The van der Waals surface area contributed by atoms with Gasteiger partial charge >= 0.3 is 0 Å². The summed E-state index contributed by atoms with van der Waals surface area (Å²) in [6.07, 6.45) is 1.81. The maximum absolute atomic E-state index is 14.8. The van der Waals surface area contributed by atoms with Gasteiger partial charge in [-0.25, -0.2) is 4.39 Å². The van der Waals surface area contributed by atoms with Crippen LogP contribution in [0.25, 0.3) is 22.3 Å². The molecular weight excluding hydrogens is 375 g/mol. The second-order valence-electron chi connectivity index (χ2n) is 7.28. The Hall–Kier alpha value is -3.33. The summed E-state index contributed by atoms with van der Waals surface area (Å²) in [7, 11) is 1.62. The molecule has 0 aliphatic carbocycles. The molecule has 3 aromatic rings. The lowest BCUT2D eigenvalue weighted by Crippen LogP contribution is -1.97. The molecule has 0 atom stereocenters. The molecule has 3 rings (SSSR count). The molecule has 0 fully saturated rings. The number of hydrogen-bond acceptors (Lipinski definition) is 2. The Kier molecular flexibility index (Phi) is 7.08. The van der Waals surface area contributed by atoms with Gasteiger partial charge in [-0.2, -0.15) is 0 Å². The minimum absolute atomic E-state index is 0.239. The Bertz CT molecular complexity index is 1020. The molecule has 0 saturated heterocycles. The van der Waals surface area contributed by atoms with Gasteiger partial charge in [0.1, 0.15) is 17.3 Å². The van der Waals surface area contributed by atoms with Crippen LogP contribution in [-0.4, -0.2) is 13.7 Å². The Morgan fingerprint density at radius 3 is 2.10 bits per heavy atom. The highest BCUT2D eigenvalue weighted by Gasteiger charge is 2.08. The van der Waals surface area contributed by atoms with Crippen LogP contribution in [-0.2, 0) is 11.2 Å². The van der Waals surface area contributed by atoms with Crippen molar-refractivity contribution in [2.24, 2.45) is 0 Å². The summed E-state index contributed by atoms with van der Waals surface area (Å²) in [5.74, 6) is 1.16. The van der Waals surface area contributed by atoms with Crippen LogP contribution >= 0.6 is 0 Å². The Morgan fingerprint density at radius 1 is 0.867 bits per heavy atom. The average molecular weight is 403 g/mol. The van der Waals surface area contributed by atoms with E-state index in [4.69, 9.17) is 9.47 Å². The van der Waals surface area contributed by atoms with E-state index >= 15 is 0 Å². The summed E-state index contributed by atoms with van der Waals surface area (Å²) in [6, 6.07) is 21.0. The quantitative estimate of drug-likeness (QED) is 0.214. The molecule has 0 aliphatic rings. The second kappa shape index (κ2) is 9.93. The first kappa shape index (κ1) is 21.4. The molecule has 0 saturated carbocycles. The predicted molar refractivity (Wildman–Crippen MR) is 122 cm³/mol. The summed E-state index contributed by atoms with van der Waals surface area (Å²) in [6.45, 7) is 10.1. The van der Waals surface area contributed by atoms with Crippen LogP contribution in [0.5, 0.6) is 5.75 Å². The molecule has 0 aromatic heterocycles. The van der Waals surface area contributed by atoms with Crippen molar-refractivity contribution in [1.29, 1.82) is 0 Å². The Balaban J connectivity index is 1.64. The normalized spacial score (nSPS) is 10.5. The fourth-order valence-electron chi connectivity index (χ4n) is 3.16. The van der Waals surface area contributed by atoms with Gasteiger partial charge in [0.2, 0.25) is 0 Å². The Labute approximate surface area is 178 Å². The number of ether oxygens (including phenoxy) is 2. The van der Waals surface area contributed by atoms with E-state index in [9.17, 15) is 4.39 Å². The zero-order chi connectivity index (χ0) is 21.5. The summed E-state index contributed by atoms with van der Waals surface area (Å²) in [5, 5.41) is 0. The van der Waals surface area contributed by atoms with Crippen molar-refractivity contribution in [3.63, 3.8) is 0 Å². The molecule has 0 bridgehead atoms. The lowest BCUT2D eigenvalue weighted by Gasteiger charge is -2.10. The first-order valence-electron chi connectivity index (χ1n) is 9.99. The van der Waals surface area contributed by atoms with Crippen LogP contribution in [0.2, 0.25) is 0 Å². The van der Waals surface area contributed by atoms with Gasteiger partial charge in [0.15, 0.2) is 0 Å². The van der Waals surface area contributed by atoms with Crippen molar-refractivity contribution in [2.45, 2.75) is 19.8 Å². The number of aryl methyl sites for hydroxylation is 1. The summed E-state index contributed by atoms with van der Waals surface area (Å²) < 4.78 is 25.5. The third-order valence-corrected chi connectivity index (χ3v) is 5.02. The SMILES string of the molecule is C=C(C)C(=C)OCCCc1ccc(-c2ccc(-c3ccc(OC)cc3)c(F)c2)cc1. The van der Waals surface area contributed by atoms with Gasteiger partial charge in [-0.3, -0.25) is 0 Å². The lowest BCUT2D eigenvalue weighted by molar-refractivity contribution is 0.218. The number of allylic oxidation sites excluding steroid dienone is 1. The first-order chi connectivity index (χ1) is 14.5. The maximum atomic E-state index is 14.8. The highest BCUT2D eigenvalue weighted by molar-refractivity contribution is 5.71. The molecule has 0 unspecified atom stereocenters. The fourth-order valence-corrected chi connectivity index (χ4v) is 3.16. The largest absolute Gasteiger partial charge is 0.497 e. The number of methoxy groups -OCH3 is 1. The molecule has 2 nitrogen and oxygen atoms in total. The molecule has 0 N–H and O–H groups in total. The third-order valence-electron chi connectivity index (χ3n) is 5.02. The van der Waals surface area contributed by atoms with Gasteiger partial charge in [0.25, 0.3) is 0 Å². The zero-order valence-electron chi connectivity index (χ0n) is 17.6. The highest BCUT2D eigenvalue weighted by atomic mass is 19.1. The van der Waals surface area contributed by atoms with Crippen molar-refractivity contribution in [3.05, 3.63) is 103 Å². The number of halogens is 1. The predicted octanol–water partition coefficient (Wildman–Crippen LogP) is 7.21. The van der Waals surface area contributed by atoms with E-state index in [0.29, 0.717) is 17.9 Å². The van der Waals surface area contributed by atoms with Crippen LogP contribution in [0.15, 0.2) is 91.2 Å². The van der Waals surface area contributed by atoms with E-state index in [-0.39, 0.29) is 5.82 Å². The molecule has 3 heteroatoms. The standard InChI is InChI=1S/C27H27FO2/c1-19(2)20(3)30-17-5-6-21-7-9-22(10-8-21)24-13-16-26(27(28)18-24)23-11-14-25(29-4)15-12-23/h7-16,18H,1,3,5-6,17H2,2,4H3. The number of benzene rings is 3. The van der Waals surface area contributed by atoms with Gasteiger partial charge in [-0.15, -0.1) is 0 Å². The van der Waals surface area contributed by atoms with Crippen molar-refractivity contribution in [1.82, 2.24) is 0 Å². The van der Waals surface area contributed by atoms with Crippen LogP contribution in [0.4, 0.5) is 4.39 Å². The van der Waals surface area contributed by atoms with Crippen LogP contribution < -0.4 is 4.74 Å². The topological polar surface area (TPSA) is 18.5 Å². The smallest absolute Gasteiger partial charge is 0.131 e. The van der Waals surface area contributed by atoms with Crippen LogP contribution in [0, 0.1) is 5.82 Å². The zero-order valence-corrected chi connectivity index (χ0v) is 17.6. The van der Waals surface area contributed by atoms with Crippen molar-refractivity contribution in [2.75, 3.05) is 13.7 Å². The summed E-state index contributed by atoms with van der Waals surface area (Å²) >= 11 is 0. The van der Waals surface area contributed by atoms with Gasteiger partial charge in [0.05, 0.1) is 13.7 Å². The van der Waals surface area contributed by atoms with E-state index in [1.54, 1.807) is 13.2 Å². The molecule has 0 aliphatic heterocycles. The van der Waals surface area contributed by atoms with Crippen molar-refractivity contribution in [3.8, 4) is 28.0 Å². The third kappa shape index (κ3) is 5.38. The molecule has 0 spiro atoms. The molecule has 3 aromatic carbocycles. The van der Waals surface area contributed by atoms with Gasteiger partial charge in [-0.1, -0.05) is 61.7 Å². The number of hydrogen-bond donors (Lipinski definition) is 0. The van der Waals surface area contributed by atoms with E-state index in [1.165, 1.54) is 5.56 Å². The summed E-state index contributed by atoms with van der Waals surface area (Å²) in [4.78, 5) is 0. The molecular formula is C27H27FO2. The molecule has 0 heterocycles. The second-order valence-corrected chi connectivity index (χ2v) is 7.28. The van der Waals surface area contributed by atoms with Crippen molar-refractivity contribution < 1.29 is 13.9 Å². The minimum Gasteiger partial charge on any atom is -0.497 e. The van der Waals surface area contributed by atoms with E-state index in [2.05, 4.69) is 25.3 Å². The molecule has 154 valence electrons. The first-order valence-corrected chi connectivity index (χ1v) is 9.99. The van der Waals surface area contributed by atoms with Crippen LogP contribution in [0.1, 0.15) is 18.9 Å². The highest BCUT2D eigenvalue weighted by Crippen LogP contribution is 2.29. The average Bonchev–Trinajstić information content (AvgIpc) is 2.77.